The molecule has 23 heavy (non-hydrogen) atoms. The molecule has 1 aromatic carbocycles. The first-order valence-corrected chi connectivity index (χ1v) is 8.03. The zero-order valence-corrected chi connectivity index (χ0v) is 14.4. The molecule has 1 aliphatic heterocycles. The second-order valence-electron chi connectivity index (χ2n) is 5.44. The molecule has 0 saturated heterocycles. The lowest BCUT2D eigenvalue weighted by Crippen LogP contribution is -2.40. The van der Waals surface area contributed by atoms with Gasteiger partial charge in [-0.2, -0.15) is 0 Å². The van der Waals surface area contributed by atoms with Crippen LogP contribution in [0.5, 0.6) is 0 Å². The van der Waals surface area contributed by atoms with Crippen molar-refractivity contribution in [3.8, 4) is 0 Å². The first-order chi connectivity index (χ1) is 11.0. The number of likely N-dealkylation sites (N-methyl/N-ethyl adjacent to an activating group) is 1. The van der Waals surface area contributed by atoms with Gasteiger partial charge in [0, 0.05) is 23.3 Å². The van der Waals surface area contributed by atoms with Crippen LogP contribution in [0.3, 0.4) is 0 Å². The van der Waals surface area contributed by atoms with Gasteiger partial charge in [-0.05, 0) is 37.3 Å². The van der Waals surface area contributed by atoms with Gasteiger partial charge in [0.05, 0.1) is 23.2 Å². The fourth-order valence-electron chi connectivity index (χ4n) is 2.59. The summed E-state index contributed by atoms with van der Waals surface area (Å²) in [6.45, 7) is 1.57. The predicted octanol–water partition coefficient (Wildman–Crippen LogP) is 2.41. The number of benzene rings is 1. The van der Waals surface area contributed by atoms with Crippen LogP contribution in [0.25, 0.3) is 0 Å². The summed E-state index contributed by atoms with van der Waals surface area (Å²) in [5.41, 5.74) is 2.81. The van der Waals surface area contributed by atoms with Gasteiger partial charge < -0.3 is 10.0 Å². The second-order valence-corrected chi connectivity index (χ2v) is 6.35. The number of pyridine rings is 1. The van der Waals surface area contributed by atoms with Crippen molar-refractivity contribution in [1.29, 1.82) is 0 Å². The molecule has 1 N–H and O–H groups in total. The van der Waals surface area contributed by atoms with E-state index in [4.69, 9.17) is 0 Å². The number of carbonyl (C=O) groups is 1. The highest BCUT2D eigenvalue weighted by Gasteiger charge is 2.33. The summed E-state index contributed by atoms with van der Waals surface area (Å²) >= 11 is 3.47. The number of fused-ring (bicyclic) bond motifs is 1. The van der Waals surface area contributed by atoms with Crippen molar-refractivity contribution in [2.45, 2.75) is 19.1 Å². The van der Waals surface area contributed by atoms with Crippen LogP contribution < -0.4 is 4.90 Å². The normalized spacial score (nSPS) is 19.0. The topological polar surface area (TPSA) is 65.8 Å². The van der Waals surface area contributed by atoms with Crippen LogP contribution in [0, 0.1) is 0 Å². The Balaban J connectivity index is 2.28. The fourth-order valence-corrected chi connectivity index (χ4v) is 2.95. The highest BCUT2D eigenvalue weighted by Crippen LogP contribution is 2.30. The van der Waals surface area contributed by atoms with E-state index in [1.165, 1.54) is 0 Å². The Bertz CT molecular complexity index is 775. The molecule has 0 saturated carbocycles. The lowest BCUT2D eigenvalue weighted by molar-refractivity contribution is -0.121. The summed E-state index contributed by atoms with van der Waals surface area (Å²) < 4.78 is 0.885. The summed E-state index contributed by atoms with van der Waals surface area (Å²) in [5, 5.41) is 10.0. The molecule has 1 aromatic heterocycles. The summed E-state index contributed by atoms with van der Waals surface area (Å²) in [6.07, 6.45) is 0.796. The van der Waals surface area contributed by atoms with E-state index in [-0.39, 0.29) is 5.91 Å². The van der Waals surface area contributed by atoms with Crippen molar-refractivity contribution in [1.82, 2.24) is 4.98 Å². The molecule has 0 bridgehead atoms. The first kappa shape index (κ1) is 15.8. The minimum atomic E-state index is -0.888. The number of anilines is 1. The van der Waals surface area contributed by atoms with Gasteiger partial charge in [0.1, 0.15) is 0 Å². The number of halogens is 1. The Kier molecular flexibility index (Phi) is 4.28. The Labute approximate surface area is 142 Å². The van der Waals surface area contributed by atoms with E-state index in [0.29, 0.717) is 11.4 Å². The van der Waals surface area contributed by atoms with E-state index >= 15 is 0 Å². The Morgan fingerprint density at radius 2 is 2.09 bits per heavy atom. The molecular formula is C17H16BrN3O2. The van der Waals surface area contributed by atoms with Crippen LogP contribution in [0.1, 0.15) is 18.2 Å². The molecule has 0 unspecified atom stereocenters. The molecule has 118 valence electrons. The second kappa shape index (κ2) is 6.22. The third-order valence-corrected chi connectivity index (χ3v) is 4.28. The average molecular weight is 374 g/mol. The van der Waals surface area contributed by atoms with E-state index in [9.17, 15) is 9.90 Å². The fraction of sp³-hybridized carbons (Fsp3) is 0.235. The van der Waals surface area contributed by atoms with Crippen LogP contribution >= 0.6 is 15.9 Å². The molecule has 0 spiro atoms. The van der Waals surface area contributed by atoms with E-state index in [1.807, 2.05) is 36.4 Å². The number of aromatic nitrogens is 1. The van der Waals surface area contributed by atoms with Crippen molar-refractivity contribution < 1.29 is 9.90 Å². The van der Waals surface area contributed by atoms with Gasteiger partial charge in [0.25, 0.3) is 5.91 Å². The molecule has 2 aromatic rings. The molecular weight excluding hydrogens is 358 g/mol. The van der Waals surface area contributed by atoms with Gasteiger partial charge in [0.15, 0.2) is 6.04 Å². The van der Waals surface area contributed by atoms with Crippen molar-refractivity contribution in [3.63, 3.8) is 0 Å². The molecule has 5 nitrogen and oxygen atoms in total. The zero-order chi connectivity index (χ0) is 16.6. The number of amides is 1. The minimum Gasteiger partial charge on any atom is -0.391 e. The number of hydrogen-bond donors (Lipinski definition) is 1. The van der Waals surface area contributed by atoms with Gasteiger partial charge in [-0.3, -0.25) is 14.8 Å². The third-order valence-electron chi connectivity index (χ3n) is 3.79. The van der Waals surface area contributed by atoms with E-state index < -0.39 is 12.1 Å². The Morgan fingerprint density at radius 1 is 1.30 bits per heavy atom. The number of aliphatic imine (C=N–C) groups is 1. The maximum Gasteiger partial charge on any atom is 0.254 e. The lowest BCUT2D eigenvalue weighted by atomic mass is 10.0. The van der Waals surface area contributed by atoms with Crippen LogP contribution in [-0.2, 0) is 4.79 Å². The van der Waals surface area contributed by atoms with Crippen molar-refractivity contribution in [2.75, 3.05) is 11.9 Å². The summed E-state index contributed by atoms with van der Waals surface area (Å²) in [7, 11) is 1.70. The van der Waals surface area contributed by atoms with Crippen molar-refractivity contribution in [3.05, 3.63) is 58.3 Å². The third kappa shape index (κ3) is 2.92. The maximum absolute atomic E-state index is 12.6. The van der Waals surface area contributed by atoms with Crippen molar-refractivity contribution in [2.24, 2.45) is 4.99 Å². The van der Waals surface area contributed by atoms with E-state index in [1.54, 1.807) is 25.1 Å². The molecule has 0 radical (unpaired) electrons. The summed E-state index contributed by atoms with van der Waals surface area (Å²) in [5.74, 6) is -0.241. The highest BCUT2D eigenvalue weighted by atomic mass is 79.9. The van der Waals surface area contributed by atoms with Crippen LogP contribution in [0.15, 0.2) is 52.1 Å². The number of aliphatic hydroxyl groups excluding tert-OH is 1. The number of rotatable bonds is 2. The Hall–Kier alpha value is -2.05. The van der Waals surface area contributed by atoms with Crippen molar-refractivity contribution >= 4 is 33.2 Å². The first-order valence-electron chi connectivity index (χ1n) is 7.24. The molecule has 2 heterocycles. The molecule has 1 aliphatic rings. The molecule has 3 rings (SSSR count). The maximum atomic E-state index is 12.6. The SMILES string of the molecule is C[C@@H](O)[C@@H]1N=C(c2ccccn2)c2cc(Br)ccc2N(C)C1=O. The number of nitrogens with zero attached hydrogens (tertiary/aromatic N) is 3. The monoisotopic (exact) mass is 373 g/mol. The van der Waals surface area contributed by atoms with Crippen LogP contribution in [-0.4, -0.2) is 40.9 Å². The molecule has 1 amide bonds. The van der Waals surface area contributed by atoms with Crippen LogP contribution in [0.4, 0.5) is 5.69 Å². The van der Waals surface area contributed by atoms with Gasteiger partial charge >= 0.3 is 0 Å². The van der Waals surface area contributed by atoms with Crippen LogP contribution in [0.2, 0.25) is 0 Å². The molecule has 6 heteroatoms. The number of hydrogen-bond acceptors (Lipinski definition) is 4. The van der Waals surface area contributed by atoms with Gasteiger partial charge in [-0.25, -0.2) is 0 Å². The largest absolute Gasteiger partial charge is 0.391 e. The van der Waals surface area contributed by atoms with Gasteiger partial charge in [-0.15, -0.1) is 0 Å². The summed E-state index contributed by atoms with van der Waals surface area (Å²) in [6, 6.07) is 10.3. The smallest absolute Gasteiger partial charge is 0.254 e. The number of benzodiazepines with no additional fused rings is 1. The predicted molar refractivity (Wildman–Crippen MR) is 92.9 cm³/mol. The number of aliphatic hydroxyl groups is 1. The zero-order valence-electron chi connectivity index (χ0n) is 12.8. The van der Waals surface area contributed by atoms with Gasteiger partial charge in [0.2, 0.25) is 0 Å². The minimum absolute atomic E-state index is 0.241. The highest BCUT2D eigenvalue weighted by molar-refractivity contribution is 9.10. The van der Waals surface area contributed by atoms with E-state index in [2.05, 4.69) is 25.9 Å². The van der Waals surface area contributed by atoms with E-state index in [0.717, 1.165) is 15.7 Å². The number of carbonyl (C=O) groups excluding carboxylic acids is 1. The average Bonchev–Trinajstić information content (AvgIpc) is 2.64. The quantitative estimate of drug-likeness (QED) is 0.878. The standard InChI is InChI=1S/C17H16BrN3O2/c1-10(22)15-17(23)21(2)14-7-6-11(18)9-12(14)16(20-15)13-5-3-4-8-19-13/h3-10,15,22H,1-2H3/t10-,15+/m1/s1. The van der Waals surface area contributed by atoms with Gasteiger partial charge in [-0.1, -0.05) is 22.0 Å². The molecule has 0 aliphatic carbocycles. The molecule has 0 fully saturated rings. The lowest BCUT2D eigenvalue weighted by Gasteiger charge is -2.21. The summed E-state index contributed by atoms with van der Waals surface area (Å²) in [4.78, 5) is 23.1. The molecule has 2 atom stereocenters. The Morgan fingerprint density at radius 3 is 2.74 bits per heavy atom.